The minimum atomic E-state index is -4.95. The van der Waals surface area contributed by atoms with Crippen LogP contribution in [0.3, 0.4) is 0 Å². The van der Waals surface area contributed by atoms with Crippen molar-refractivity contribution < 1.29 is 80.2 Å². The van der Waals surface area contributed by atoms with E-state index in [4.69, 9.17) is 37.0 Å². The van der Waals surface area contributed by atoms with Crippen LogP contribution in [0.25, 0.3) is 0 Å². The molecule has 0 aliphatic rings. The van der Waals surface area contributed by atoms with Crippen LogP contribution in [0.1, 0.15) is 362 Å². The number of carbonyl (C=O) groups is 4. The van der Waals surface area contributed by atoms with Crippen molar-refractivity contribution in [3.05, 3.63) is 0 Å². The second-order valence-corrected chi connectivity index (χ2v) is 28.7. The summed E-state index contributed by atoms with van der Waals surface area (Å²) >= 11 is 0. The quantitative estimate of drug-likeness (QED) is 0.0222. The first-order chi connectivity index (χ1) is 43.0. The van der Waals surface area contributed by atoms with Crippen molar-refractivity contribution in [3.8, 4) is 0 Å². The van der Waals surface area contributed by atoms with Gasteiger partial charge in [0.1, 0.15) is 19.3 Å². The molecule has 0 fully saturated rings. The molecule has 0 aliphatic carbocycles. The molecular formula is C70H136O17P2. The van der Waals surface area contributed by atoms with Gasteiger partial charge < -0.3 is 33.8 Å². The average molecular weight is 1310 g/mol. The first-order valence-corrected chi connectivity index (χ1v) is 39.6. The largest absolute Gasteiger partial charge is 0.472 e. The Morgan fingerprint density at radius 1 is 0.303 bits per heavy atom. The molecule has 0 spiro atoms. The predicted molar refractivity (Wildman–Crippen MR) is 358 cm³/mol. The van der Waals surface area contributed by atoms with Crippen LogP contribution in [0.5, 0.6) is 0 Å². The standard InChI is InChI=1S/C70H136O17P2/c1-6-9-12-15-18-21-24-27-28-29-30-33-36-39-46-51-56-70(75)86-65(59-80-67(72)53-48-43-37-34-31-25-22-19-16-13-10-7-2)61-84-88(76,77)82-57-64(71)58-83-89(78,79)85-62-66(60-81-68(73)54-49-44-41-40-42-47-52-63(4)5)87-69(74)55-50-45-38-35-32-26-23-20-17-14-11-8-3/h63-66,71H,6-62H2,1-5H3,(H,76,77)(H,78,79)/t64-,65-,66-/m1/s1. The summed E-state index contributed by atoms with van der Waals surface area (Å²) in [6.45, 7) is 7.17. The minimum absolute atomic E-state index is 0.107. The van der Waals surface area contributed by atoms with Gasteiger partial charge in [0.05, 0.1) is 26.4 Å². The lowest BCUT2D eigenvalue weighted by atomic mass is 10.0. The number of hydrogen-bond acceptors (Lipinski definition) is 15. The van der Waals surface area contributed by atoms with Crippen molar-refractivity contribution in [3.63, 3.8) is 0 Å². The molecule has 0 rings (SSSR count). The fourth-order valence-corrected chi connectivity index (χ4v) is 12.2. The number of ether oxygens (including phenoxy) is 4. The maximum absolute atomic E-state index is 13.0. The van der Waals surface area contributed by atoms with E-state index in [-0.39, 0.29) is 25.7 Å². The summed E-state index contributed by atoms with van der Waals surface area (Å²) in [6, 6.07) is 0. The van der Waals surface area contributed by atoms with E-state index in [1.54, 1.807) is 0 Å². The van der Waals surface area contributed by atoms with E-state index in [1.807, 2.05) is 0 Å². The summed E-state index contributed by atoms with van der Waals surface area (Å²) in [4.78, 5) is 72.5. The van der Waals surface area contributed by atoms with Gasteiger partial charge in [-0.2, -0.15) is 0 Å². The van der Waals surface area contributed by atoms with E-state index in [1.165, 1.54) is 180 Å². The van der Waals surface area contributed by atoms with Gasteiger partial charge in [0.2, 0.25) is 0 Å². The Kier molecular flexibility index (Phi) is 62.1. The number of rotatable bonds is 70. The smallest absolute Gasteiger partial charge is 0.462 e. The second-order valence-electron chi connectivity index (χ2n) is 25.7. The number of hydrogen-bond donors (Lipinski definition) is 3. The van der Waals surface area contributed by atoms with E-state index >= 15 is 0 Å². The number of phosphoric acid groups is 2. The van der Waals surface area contributed by atoms with Crippen molar-refractivity contribution in [1.29, 1.82) is 0 Å². The molecule has 17 nitrogen and oxygen atoms in total. The Hall–Kier alpha value is -1.94. The number of carbonyl (C=O) groups excluding carboxylic acids is 4. The van der Waals surface area contributed by atoms with Gasteiger partial charge in [0.15, 0.2) is 12.2 Å². The molecule has 0 bridgehead atoms. The molecule has 2 unspecified atom stereocenters. The zero-order valence-corrected chi connectivity index (χ0v) is 59.4. The predicted octanol–water partition coefficient (Wildman–Crippen LogP) is 20.1. The van der Waals surface area contributed by atoms with E-state index < -0.39 is 97.5 Å². The van der Waals surface area contributed by atoms with Crippen LogP contribution in [0.15, 0.2) is 0 Å². The highest BCUT2D eigenvalue weighted by atomic mass is 31.2. The lowest BCUT2D eigenvalue weighted by Crippen LogP contribution is -2.30. The third-order valence-corrected chi connectivity index (χ3v) is 18.2. The average Bonchev–Trinajstić information content (AvgIpc) is 3.72. The van der Waals surface area contributed by atoms with E-state index in [0.717, 1.165) is 96.3 Å². The Morgan fingerprint density at radius 3 is 0.764 bits per heavy atom. The summed E-state index contributed by atoms with van der Waals surface area (Å²) in [5.41, 5.74) is 0. The van der Waals surface area contributed by atoms with Crippen LogP contribution in [0.4, 0.5) is 0 Å². The topological polar surface area (TPSA) is 237 Å². The highest BCUT2D eigenvalue weighted by Gasteiger charge is 2.30. The fraction of sp³-hybridized carbons (Fsp3) is 0.943. The molecule has 0 radical (unpaired) electrons. The van der Waals surface area contributed by atoms with Crippen LogP contribution < -0.4 is 0 Å². The van der Waals surface area contributed by atoms with Gasteiger partial charge >= 0.3 is 39.5 Å². The van der Waals surface area contributed by atoms with Gasteiger partial charge in [-0.05, 0) is 31.6 Å². The van der Waals surface area contributed by atoms with Crippen molar-refractivity contribution in [1.82, 2.24) is 0 Å². The van der Waals surface area contributed by atoms with Crippen molar-refractivity contribution in [2.45, 2.75) is 380 Å². The zero-order chi connectivity index (χ0) is 65.6. The first kappa shape index (κ1) is 87.1. The Balaban J connectivity index is 5.23. The lowest BCUT2D eigenvalue weighted by Gasteiger charge is -2.21. The second kappa shape index (κ2) is 63.5. The summed E-state index contributed by atoms with van der Waals surface area (Å²) < 4.78 is 68.3. The third-order valence-electron chi connectivity index (χ3n) is 16.3. The van der Waals surface area contributed by atoms with Gasteiger partial charge in [-0.3, -0.25) is 37.3 Å². The third kappa shape index (κ3) is 64.6. The molecule has 0 heterocycles. The monoisotopic (exact) mass is 1310 g/mol. The van der Waals surface area contributed by atoms with Crippen LogP contribution in [-0.4, -0.2) is 96.7 Å². The fourth-order valence-electron chi connectivity index (χ4n) is 10.6. The highest BCUT2D eigenvalue weighted by Crippen LogP contribution is 2.45. The van der Waals surface area contributed by atoms with Gasteiger partial charge in [-0.25, -0.2) is 9.13 Å². The molecule has 0 aromatic heterocycles. The molecule has 5 atom stereocenters. The molecule has 0 saturated carbocycles. The van der Waals surface area contributed by atoms with E-state index in [9.17, 15) is 43.2 Å². The van der Waals surface area contributed by atoms with Crippen LogP contribution in [0.2, 0.25) is 0 Å². The number of aliphatic hydroxyl groups excluding tert-OH is 1. The van der Waals surface area contributed by atoms with Crippen LogP contribution >= 0.6 is 15.6 Å². The van der Waals surface area contributed by atoms with Crippen LogP contribution in [0, 0.1) is 5.92 Å². The summed E-state index contributed by atoms with van der Waals surface area (Å²) in [5.74, 6) is -1.44. The number of unbranched alkanes of at least 4 members (excludes halogenated alkanes) is 42. The molecule has 19 heteroatoms. The normalized spacial score (nSPS) is 14.1. The minimum Gasteiger partial charge on any atom is -0.462 e. The van der Waals surface area contributed by atoms with Gasteiger partial charge in [0, 0.05) is 25.7 Å². The molecule has 528 valence electrons. The highest BCUT2D eigenvalue weighted by molar-refractivity contribution is 7.47. The molecule has 0 amide bonds. The maximum Gasteiger partial charge on any atom is 0.472 e. The zero-order valence-electron chi connectivity index (χ0n) is 57.6. The van der Waals surface area contributed by atoms with Crippen molar-refractivity contribution in [2.24, 2.45) is 5.92 Å². The van der Waals surface area contributed by atoms with Crippen LogP contribution in [-0.2, 0) is 65.4 Å². The maximum atomic E-state index is 13.0. The molecule has 3 N–H and O–H groups in total. The van der Waals surface area contributed by atoms with Gasteiger partial charge in [-0.15, -0.1) is 0 Å². The molecule has 0 aromatic carbocycles. The number of phosphoric ester groups is 2. The molecular weight excluding hydrogens is 1170 g/mol. The lowest BCUT2D eigenvalue weighted by molar-refractivity contribution is -0.161. The molecule has 0 aliphatic heterocycles. The van der Waals surface area contributed by atoms with E-state index in [0.29, 0.717) is 31.6 Å². The molecule has 0 saturated heterocycles. The van der Waals surface area contributed by atoms with Gasteiger partial charge in [-0.1, -0.05) is 311 Å². The summed E-state index contributed by atoms with van der Waals surface area (Å²) in [5, 5.41) is 10.6. The molecule has 89 heavy (non-hydrogen) atoms. The van der Waals surface area contributed by atoms with Crippen molar-refractivity contribution >= 4 is 39.5 Å². The number of esters is 4. The van der Waals surface area contributed by atoms with Gasteiger partial charge in [0.25, 0.3) is 0 Å². The summed E-state index contributed by atoms with van der Waals surface area (Å²) in [7, 11) is -9.90. The van der Waals surface area contributed by atoms with Crippen molar-refractivity contribution in [2.75, 3.05) is 39.6 Å². The van der Waals surface area contributed by atoms with E-state index in [2.05, 4.69) is 34.6 Å². The Labute approximate surface area is 543 Å². The Bertz CT molecular complexity index is 1720. The molecule has 0 aromatic rings. The SMILES string of the molecule is CCCCCCCCCCCCCCCCCCC(=O)O[C@H](COC(=O)CCCCCCCCCCCCCC)COP(=O)(O)OC[C@@H](O)COP(=O)(O)OC[C@@H](COC(=O)CCCCCCCCC(C)C)OC(=O)CCCCCCCCCCCCCC. The number of aliphatic hydroxyl groups is 1. The summed E-state index contributed by atoms with van der Waals surface area (Å²) in [6.07, 6.45) is 50.0. The first-order valence-electron chi connectivity index (χ1n) is 36.6. The Morgan fingerprint density at radius 2 is 0.517 bits per heavy atom.